The minimum absolute atomic E-state index is 0.0819. The van der Waals surface area contributed by atoms with E-state index in [0.29, 0.717) is 5.82 Å². The first-order valence-corrected chi connectivity index (χ1v) is 6.69. The first kappa shape index (κ1) is 18.1. The maximum Gasteiger partial charge on any atom is 0.342 e. The Balaban J connectivity index is 0.000000231. The van der Waals surface area contributed by atoms with Gasteiger partial charge in [0.2, 0.25) is 0 Å². The van der Waals surface area contributed by atoms with E-state index in [9.17, 15) is 14.9 Å². The van der Waals surface area contributed by atoms with Crippen LogP contribution in [0.15, 0.2) is 42.6 Å². The molecule has 1 aromatic heterocycles. The average molecular weight is 319 g/mol. The first-order chi connectivity index (χ1) is 11.0. The molecule has 0 saturated carbocycles. The Morgan fingerprint density at radius 1 is 1.39 bits per heavy atom. The molecule has 0 fully saturated rings. The molecule has 0 spiro atoms. The van der Waals surface area contributed by atoms with Crippen LogP contribution in [0.5, 0.6) is 0 Å². The summed E-state index contributed by atoms with van der Waals surface area (Å²) in [6.45, 7) is 1.74. The second-order valence-corrected chi connectivity index (χ2v) is 4.38. The van der Waals surface area contributed by atoms with Crippen molar-refractivity contribution >= 4 is 17.9 Å². The number of benzene rings is 1. The number of nitrogens with zero attached hydrogens (tertiary/aromatic N) is 3. The molecule has 2 rings (SSSR count). The summed E-state index contributed by atoms with van der Waals surface area (Å²) in [5, 5.41) is 27.3. The zero-order valence-corrected chi connectivity index (χ0v) is 12.5. The van der Waals surface area contributed by atoms with Gasteiger partial charge in [-0.25, -0.2) is 14.3 Å². The molecule has 0 radical (unpaired) electrons. The molecule has 0 bridgehead atoms. The summed E-state index contributed by atoms with van der Waals surface area (Å²) in [7, 11) is 0. The number of rotatable bonds is 5. The van der Waals surface area contributed by atoms with Gasteiger partial charge in [0.15, 0.2) is 5.82 Å². The molecule has 23 heavy (non-hydrogen) atoms. The van der Waals surface area contributed by atoms with Crippen LogP contribution in [0.4, 0.5) is 5.82 Å². The van der Waals surface area contributed by atoms with Gasteiger partial charge in [0.05, 0.1) is 6.61 Å². The Morgan fingerprint density at radius 2 is 2.04 bits per heavy atom. The van der Waals surface area contributed by atoms with Gasteiger partial charge in [-0.1, -0.05) is 30.3 Å². The highest BCUT2D eigenvalue weighted by molar-refractivity contribution is 5.85. The van der Waals surface area contributed by atoms with Crippen LogP contribution in [0.2, 0.25) is 0 Å². The van der Waals surface area contributed by atoms with E-state index in [1.54, 1.807) is 13.0 Å². The fourth-order valence-corrected chi connectivity index (χ4v) is 1.71. The van der Waals surface area contributed by atoms with Gasteiger partial charge in [0.1, 0.15) is 12.7 Å². The van der Waals surface area contributed by atoms with Crippen molar-refractivity contribution in [2.75, 3.05) is 6.61 Å². The van der Waals surface area contributed by atoms with Crippen LogP contribution >= 0.6 is 0 Å². The summed E-state index contributed by atoms with van der Waals surface area (Å²) in [4.78, 5) is 23.7. The molecule has 0 amide bonds. The number of carboxylic acids is 1. The van der Waals surface area contributed by atoms with Crippen molar-refractivity contribution in [3.8, 4) is 0 Å². The van der Waals surface area contributed by atoms with Crippen molar-refractivity contribution in [2.45, 2.75) is 13.5 Å². The number of imidazole rings is 1. The van der Waals surface area contributed by atoms with Crippen LogP contribution in [0.1, 0.15) is 11.4 Å². The highest BCUT2D eigenvalue weighted by atomic mass is 16.6. The third kappa shape index (κ3) is 6.10. The maximum atomic E-state index is 10.4. The number of aliphatic hydroxyl groups is 1. The van der Waals surface area contributed by atoms with E-state index in [-0.39, 0.29) is 19.0 Å². The zero-order valence-electron chi connectivity index (χ0n) is 12.5. The molecule has 8 heteroatoms. The second-order valence-electron chi connectivity index (χ2n) is 4.38. The van der Waals surface area contributed by atoms with Gasteiger partial charge in [0.25, 0.3) is 0 Å². The fourth-order valence-electron chi connectivity index (χ4n) is 1.71. The Bertz CT molecular complexity index is 680. The van der Waals surface area contributed by atoms with Crippen LogP contribution in [0, 0.1) is 17.0 Å². The van der Waals surface area contributed by atoms with Gasteiger partial charge in [0, 0.05) is 13.0 Å². The average Bonchev–Trinajstić information content (AvgIpc) is 2.89. The zero-order chi connectivity index (χ0) is 17.2. The topological polar surface area (TPSA) is 118 Å². The van der Waals surface area contributed by atoms with Crippen molar-refractivity contribution in [2.24, 2.45) is 0 Å². The molecule has 122 valence electrons. The Labute approximate surface area is 132 Å². The predicted molar refractivity (Wildman–Crippen MR) is 83.8 cm³/mol. The van der Waals surface area contributed by atoms with E-state index in [1.165, 1.54) is 10.8 Å². The van der Waals surface area contributed by atoms with E-state index in [1.807, 2.05) is 30.3 Å². The molecular formula is C15H17N3O5. The number of hydrogen-bond donors (Lipinski definition) is 2. The van der Waals surface area contributed by atoms with Crippen LogP contribution in [-0.4, -0.2) is 37.3 Å². The molecule has 0 aliphatic carbocycles. The van der Waals surface area contributed by atoms with Crippen LogP contribution in [0.25, 0.3) is 6.08 Å². The molecule has 0 aliphatic heterocycles. The number of aliphatic carboxylic acids is 1. The molecule has 0 atom stereocenters. The summed E-state index contributed by atoms with van der Waals surface area (Å²) in [5.74, 6) is -0.467. The lowest BCUT2D eigenvalue weighted by Crippen LogP contribution is -2.07. The van der Waals surface area contributed by atoms with E-state index in [4.69, 9.17) is 10.2 Å². The van der Waals surface area contributed by atoms with Crippen molar-refractivity contribution in [3.05, 3.63) is 64.1 Å². The number of hydrogen-bond acceptors (Lipinski definition) is 5. The van der Waals surface area contributed by atoms with Crippen LogP contribution < -0.4 is 0 Å². The van der Waals surface area contributed by atoms with Gasteiger partial charge >= 0.3 is 11.8 Å². The lowest BCUT2D eigenvalue weighted by Gasteiger charge is -1.98. The van der Waals surface area contributed by atoms with Crippen LogP contribution in [0.3, 0.4) is 0 Å². The highest BCUT2D eigenvalue weighted by Gasteiger charge is 2.15. The Kier molecular flexibility index (Phi) is 7.15. The van der Waals surface area contributed by atoms with Crippen molar-refractivity contribution in [1.29, 1.82) is 0 Å². The van der Waals surface area contributed by atoms with Gasteiger partial charge in [-0.3, -0.25) is 0 Å². The lowest BCUT2D eigenvalue weighted by molar-refractivity contribution is -0.392. The number of carbonyl (C=O) groups is 1. The van der Waals surface area contributed by atoms with Gasteiger partial charge in [-0.05, 0) is 16.6 Å². The number of aryl methyl sites for hydroxylation is 1. The number of nitro groups is 1. The largest absolute Gasteiger partial charge is 0.478 e. The quantitative estimate of drug-likeness (QED) is 0.493. The van der Waals surface area contributed by atoms with Crippen LogP contribution in [-0.2, 0) is 11.3 Å². The molecule has 0 unspecified atom stereocenters. The summed E-state index contributed by atoms with van der Waals surface area (Å²) >= 11 is 0. The number of aliphatic hydroxyl groups excluding tert-OH is 1. The molecule has 2 N–H and O–H groups in total. The first-order valence-electron chi connectivity index (χ1n) is 6.69. The molecule has 2 aromatic rings. The van der Waals surface area contributed by atoms with E-state index in [0.717, 1.165) is 11.6 Å². The van der Waals surface area contributed by atoms with E-state index < -0.39 is 10.9 Å². The number of carboxylic acid groups (broad SMARTS) is 1. The van der Waals surface area contributed by atoms with Crippen molar-refractivity contribution < 1.29 is 19.9 Å². The van der Waals surface area contributed by atoms with E-state index in [2.05, 4.69) is 4.98 Å². The summed E-state index contributed by atoms with van der Waals surface area (Å²) < 4.78 is 1.36. The van der Waals surface area contributed by atoms with E-state index >= 15 is 0 Å². The van der Waals surface area contributed by atoms with Gasteiger partial charge in [-0.2, -0.15) is 0 Å². The Morgan fingerprint density at radius 3 is 2.57 bits per heavy atom. The molecule has 1 heterocycles. The Hall–Kier alpha value is -3.00. The third-order valence-electron chi connectivity index (χ3n) is 2.76. The smallest absolute Gasteiger partial charge is 0.342 e. The molecule has 8 nitrogen and oxygen atoms in total. The minimum atomic E-state index is -0.922. The minimum Gasteiger partial charge on any atom is -0.478 e. The molecule has 0 aliphatic rings. The maximum absolute atomic E-state index is 10.4. The summed E-state index contributed by atoms with van der Waals surface area (Å²) in [6, 6.07) is 9.31. The molecular weight excluding hydrogens is 302 g/mol. The third-order valence-corrected chi connectivity index (χ3v) is 2.76. The SMILES string of the molecule is Cc1ncc([N+](=O)[O-])n1CCO.O=C(O)C=Cc1ccccc1. The van der Waals surface area contributed by atoms with Crippen molar-refractivity contribution in [3.63, 3.8) is 0 Å². The van der Waals surface area contributed by atoms with Gasteiger partial charge in [-0.15, -0.1) is 0 Å². The molecule has 0 saturated heterocycles. The summed E-state index contributed by atoms with van der Waals surface area (Å²) in [5.41, 5.74) is 0.898. The highest BCUT2D eigenvalue weighted by Crippen LogP contribution is 2.12. The fraction of sp³-hybridized carbons (Fsp3) is 0.200. The number of aromatic nitrogens is 2. The molecule has 1 aromatic carbocycles. The normalized spacial score (nSPS) is 10.2. The monoisotopic (exact) mass is 319 g/mol. The summed E-state index contributed by atoms with van der Waals surface area (Å²) in [6.07, 6.45) is 3.86. The lowest BCUT2D eigenvalue weighted by atomic mass is 10.2. The predicted octanol–water partition coefficient (Wildman–Crippen LogP) is 1.88. The second kappa shape index (κ2) is 9.11. The van der Waals surface area contributed by atoms with Gasteiger partial charge < -0.3 is 20.3 Å². The van der Waals surface area contributed by atoms with Crippen molar-refractivity contribution in [1.82, 2.24) is 9.55 Å². The standard InChI is InChI=1S/C9H8O2.C6H9N3O3/c10-9(11)7-6-8-4-2-1-3-5-8;1-5-7-4-6(9(11)12)8(5)2-3-10/h1-7H,(H,10,11);4,10H,2-3H2,1H3.